The molecular weight excluding hydrogens is 262 g/mol. The summed E-state index contributed by atoms with van der Waals surface area (Å²) in [5.74, 6) is 0.529. The van der Waals surface area contributed by atoms with Gasteiger partial charge in [-0.2, -0.15) is 0 Å². The number of hydrogen-bond acceptors (Lipinski definition) is 2. The molecule has 0 bridgehead atoms. The second kappa shape index (κ2) is 6.79. The Morgan fingerprint density at radius 3 is 2.86 bits per heavy atom. The number of carbonyl (C=O) groups is 1. The molecule has 0 saturated heterocycles. The van der Waals surface area contributed by atoms with Crippen molar-refractivity contribution in [2.75, 3.05) is 6.61 Å². The molecule has 3 rings (SSSR count). The molecule has 3 nitrogen and oxygen atoms in total. The highest BCUT2D eigenvalue weighted by molar-refractivity contribution is 5.83. The Kier molecular flexibility index (Phi) is 4.59. The summed E-state index contributed by atoms with van der Waals surface area (Å²) in [5, 5.41) is 1.21. The highest BCUT2D eigenvalue weighted by atomic mass is 16.5. The topological polar surface area (TPSA) is 42.1 Å². The van der Waals surface area contributed by atoms with E-state index in [1.165, 1.54) is 43.1 Å². The highest BCUT2D eigenvalue weighted by Gasteiger charge is 2.15. The van der Waals surface area contributed by atoms with Gasteiger partial charge < -0.3 is 9.72 Å². The van der Waals surface area contributed by atoms with Gasteiger partial charge in [-0.25, -0.2) is 0 Å². The van der Waals surface area contributed by atoms with Gasteiger partial charge in [-0.05, 0) is 36.8 Å². The second-order valence-electron chi connectivity index (χ2n) is 6.05. The molecule has 1 heterocycles. The van der Waals surface area contributed by atoms with Crippen LogP contribution in [0.2, 0.25) is 0 Å². The molecule has 112 valence electrons. The largest absolute Gasteiger partial charge is 0.465 e. The average molecular weight is 285 g/mol. The quantitative estimate of drug-likeness (QED) is 0.836. The van der Waals surface area contributed by atoms with Crippen LogP contribution in [0.15, 0.2) is 30.5 Å². The van der Waals surface area contributed by atoms with Gasteiger partial charge in [-0.3, -0.25) is 4.79 Å². The van der Waals surface area contributed by atoms with Crippen molar-refractivity contribution in [1.82, 2.24) is 4.98 Å². The van der Waals surface area contributed by atoms with Crippen molar-refractivity contribution in [3.63, 3.8) is 0 Å². The predicted molar refractivity (Wildman–Crippen MR) is 84.2 cm³/mol. The molecule has 0 atom stereocenters. The predicted octanol–water partition coefficient (Wildman–Crippen LogP) is 4.22. The van der Waals surface area contributed by atoms with Gasteiger partial charge in [0.15, 0.2) is 0 Å². The van der Waals surface area contributed by atoms with Gasteiger partial charge in [0.2, 0.25) is 0 Å². The Labute approximate surface area is 125 Å². The van der Waals surface area contributed by atoms with Gasteiger partial charge in [0, 0.05) is 23.5 Å². The minimum atomic E-state index is -0.0640. The summed E-state index contributed by atoms with van der Waals surface area (Å²) in [7, 11) is 0. The van der Waals surface area contributed by atoms with Crippen LogP contribution in [0.3, 0.4) is 0 Å². The molecule has 1 N–H and O–H groups in total. The summed E-state index contributed by atoms with van der Waals surface area (Å²) in [6.45, 7) is 0.618. The lowest BCUT2D eigenvalue weighted by molar-refractivity contribution is -0.145. The Morgan fingerprint density at radius 2 is 2.00 bits per heavy atom. The maximum absolute atomic E-state index is 11.9. The molecule has 0 aliphatic heterocycles. The standard InChI is InChI=1S/C18H23NO2/c20-18(21-13-14-6-2-1-3-7-14)11-10-15-12-19-17-9-5-4-8-16(15)17/h4-5,8-9,12,14,19H,1-3,6-7,10-11,13H2. The minimum absolute atomic E-state index is 0.0640. The van der Waals surface area contributed by atoms with E-state index in [0.29, 0.717) is 18.9 Å². The number of hydrogen-bond donors (Lipinski definition) is 1. The molecule has 0 amide bonds. The molecular formula is C18H23NO2. The van der Waals surface area contributed by atoms with Crippen LogP contribution in [0, 0.1) is 5.92 Å². The summed E-state index contributed by atoms with van der Waals surface area (Å²) in [5.41, 5.74) is 2.32. The number of rotatable bonds is 5. The zero-order valence-electron chi connectivity index (χ0n) is 12.4. The van der Waals surface area contributed by atoms with Crippen LogP contribution in [-0.4, -0.2) is 17.6 Å². The smallest absolute Gasteiger partial charge is 0.306 e. The van der Waals surface area contributed by atoms with E-state index >= 15 is 0 Å². The van der Waals surface area contributed by atoms with E-state index in [9.17, 15) is 4.79 Å². The van der Waals surface area contributed by atoms with E-state index in [-0.39, 0.29) is 5.97 Å². The van der Waals surface area contributed by atoms with Crippen LogP contribution in [0.25, 0.3) is 10.9 Å². The Balaban J connectivity index is 1.47. The van der Waals surface area contributed by atoms with E-state index in [4.69, 9.17) is 4.74 Å². The van der Waals surface area contributed by atoms with Gasteiger partial charge >= 0.3 is 5.97 Å². The number of carbonyl (C=O) groups excluding carboxylic acids is 1. The van der Waals surface area contributed by atoms with Gasteiger partial charge in [0.1, 0.15) is 0 Å². The molecule has 1 aliphatic rings. The zero-order chi connectivity index (χ0) is 14.5. The first-order valence-corrected chi connectivity index (χ1v) is 8.03. The Hall–Kier alpha value is -1.77. The number of aromatic nitrogens is 1. The minimum Gasteiger partial charge on any atom is -0.465 e. The first kappa shape index (κ1) is 14.2. The van der Waals surface area contributed by atoms with Crippen molar-refractivity contribution < 1.29 is 9.53 Å². The third-order valence-corrected chi connectivity index (χ3v) is 4.48. The van der Waals surface area contributed by atoms with Gasteiger partial charge in [-0.15, -0.1) is 0 Å². The normalized spacial score (nSPS) is 16.2. The van der Waals surface area contributed by atoms with Crippen LogP contribution < -0.4 is 0 Å². The number of nitrogens with one attached hydrogen (secondary N) is 1. The molecule has 0 radical (unpaired) electrons. The molecule has 21 heavy (non-hydrogen) atoms. The molecule has 1 aromatic heterocycles. The number of H-pyrrole nitrogens is 1. The Bertz CT molecular complexity index is 596. The molecule has 3 heteroatoms. The first-order chi connectivity index (χ1) is 10.3. The maximum atomic E-state index is 11.9. The maximum Gasteiger partial charge on any atom is 0.306 e. The first-order valence-electron chi connectivity index (χ1n) is 8.03. The van der Waals surface area contributed by atoms with Gasteiger partial charge in [0.05, 0.1) is 6.61 Å². The fourth-order valence-corrected chi connectivity index (χ4v) is 3.21. The number of fused-ring (bicyclic) bond motifs is 1. The van der Waals surface area contributed by atoms with Crippen LogP contribution in [0.5, 0.6) is 0 Å². The highest BCUT2D eigenvalue weighted by Crippen LogP contribution is 2.24. The molecule has 1 fully saturated rings. The lowest BCUT2D eigenvalue weighted by Crippen LogP contribution is -2.16. The number of aromatic amines is 1. The molecule has 1 aliphatic carbocycles. The summed E-state index contributed by atoms with van der Waals surface area (Å²) in [6, 6.07) is 8.19. The van der Waals surface area contributed by atoms with Gasteiger partial charge in [0.25, 0.3) is 0 Å². The van der Waals surface area contributed by atoms with Crippen molar-refractivity contribution in [3.8, 4) is 0 Å². The van der Waals surface area contributed by atoms with Crippen molar-refractivity contribution in [3.05, 3.63) is 36.0 Å². The number of benzene rings is 1. The number of aryl methyl sites for hydroxylation is 1. The van der Waals surface area contributed by atoms with Crippen LogP contribution in [0.1, 0.15) is 44.1 Å². The average Bonchev–Trinajstić information content (AvgIpc) is 2.95. The number of para-hydroxylation sites is 1. The zero-order valence-corrected chi connectivity index (χ0v) is 12.4. The number of esters is 1. The SMILES string of the molecule is O=C(CCc1c[nH]c2ccccc12)OCC1CCCCC1. The lowest BCUT2D eigenvalue weighted by atomic mass is 9.90. The van der Waals surface area contributed by atoms with E-state index < -0.39 is 0 Å². The van der Waals surface area contributed by atoms with Crippen LogP contribution in [-0.2, 0) is 16.0 Å². The monoisotopic (exact) mass is 285 g/mol. The van der Waals surface area contributed by atoms with E-state index in [1.54, 1.807) is 0 Å². The fourth-order valence-electron chi connectivity index (χ4n) is 3.21. The molecule has 2 aromatic rings. The third kappa shape index (κ3) is 3.66. The van der Waals surface area contributed by atoms with Crippen molar-refractivity contribution in [2.45, 2.75) is 44.9 Å². The van der Waals surface area contributed by atoms with E-state index in [2.05, 4.69) is 17.1 Å². The third-order valence-electron chi connectivity index (χ3n) is 4.48. The molecule has 1 saturated carbocycles. The summed E-state index contributed by atoms with van der Waals surface area (Å²) < 4.78 is 5.44. The van der Waals surface area contributed by atoms with Crippen LogP contribution in [0.4, 0.5) is 0 Å². The lowest BCUT2D eigenvalue weighted by Gasteiger charge is -2.20. The van der Waals surface area contributed by atoms with Crippen molar-refractivity contribution >= 4 is 16.9 Å². The molecule has 0 unspecified atom stereocenters. The van der Waals surface area contributed by atoms with Crippen molar-refractivity contribution in [2.24, 2.45) is 5.92 Å². The van der Waals surface area contributed by atoms with E-state index in [0.717, 1.165) is 11.9 Å². The van der Waals surface area contributed by atoms with Gasteiger partial charge in [-0.1, -0.05) is 37.5 Å². The second-order valence-corrected chi connectivity index (χ2v) is 6.05. The van der Waals surface area contributed by atoms with E-state index in [1.807, 2.05) is 18.3 Å². The molecule has 1 aromatic carbocycles. The number of ether oxygens (including phenoxy) is 1. The molecule has 0 spiro atoms. The van der Waals surface area contributed by atoms with Crippen LogP contribution >= 0.6 is 0 Å². The fraction of sp³-hybridized carbons (Fsp3) is 0.500. The van der Waals surface area contributed by atoms with Crippen molar-refractivity contribution in [1.29, 1.82) is 0 Å². The summed E-state index contributed by atoms with van der Waals surface area (Å²) in [6.07, 6.45) is 9.56. The summed E-state index contributed by atoms with van der Waals surface area (Å²) in [4.78, 5) is 15.1. The summed E-state index contributed by atoms with van der Waals surface area (Å²) >= 11 is 0. The Morgan fingerprint density at radius 1 is 1.19 bits per heavy atom.